The van der Waals surface area contributed by atoms with E-state index < -0.39 is 6.10 Å². The fraction of sp³-hybridized carbons (Fsp3) is 0.455. The highest BCUT2D eigenvalue weighted by Gasteiger charge is 2.12. The van der Waals surface area contributed by atoms with Gasteiger partial charge in [-0.1, -0.05) is 6.92 Å². The van der Waals surface area contributed by atoms with Gasteiger partial charge in [-0.25, -0.2) is 10.8 Å². The third-order valence-electron chi connectivity index (χ3n) is 2.64. The van der Waals surface area contributed by atoms with Crippen LogP contribution in [0.4, 0.5) is 11.8 Å². The fourth-order valence-corrected chi connectivity index (χ4v) is 2.59. The van der Waals surface area contributed by atoms with Crippen molar-refractivity contribution >= 4 is 33.3 Å². The molecule has 7 nitrogen and oxygen atoms in total. The fourth-order valence-electron chi connectivity index (χ4n) is 1.62. The second-order valence-electron chi connectivity index (χ2n) is 4.04. The highest BCUT2D eigenvalue weighted by Crippen LogP contribution is 2.30. The van der Waals surface area contributed by atoms with Gasteiger partial charge in [0, 0.05) is 11.4 Å². The molecule has 2 aromatic heterocycles. The van der Waals surface area contributed by atoms with Crippen molar-refractivity contribution < 1.29 is 10.2 Å². The number of fused-ring (bicyclic) bond motifs is 1. The topological polar surface area (TPSA) is 116 Å². The number of aromatic nitrogens is 2. The molecule has 0 aliphatic heterocycles. The average molecular weight is 283 g/mol. The van der Waals surface area contributed by atoms with E-state index in [2.05, 4.69) is 27.6 Å². The number of hydrogen-bond donors (Lipinski definition) is 5. The first-order valence-corrected chi connectivity index (χ1v) is 6.79. The van der Waals surface area contributed by atoms with Crippen LogP contribution in [-0.4, -0.2) is 39.4 Å². The van der Waals surface area contributed by atoms with Crippen LogP contribution < -0.4 is 16.6 Å². The molecule has 0 saturated heterocycles. The van der Waals surface area contributed by atoms with E-state index in [0.717, 1.165) is 16.6 Å². The van der Waals surface area contributed by atoms with Crippen molar-refractivity contribution in [2.24, 2.45) is 5.84 Å². The van der Waals surface area contributed by atoms with E-state index in [1.54, 1.807) is 11.3 Å². The molecule has 1 unspecified atom stereocenters. The zero-order chi connectivity index (χ0) is 13.8. The number of aliphatic hydroxyl groups excluding tert-OH is 2. The minimum atomic E-state index is -0.830. The van der Waals surface area contributed by atoms with Crippen LogP contribution in [0.1, 0.15) is 11.8 Å². The van der Waals surface area contributed by atoms with E-state index in [9.17, 15) is 5.11 Å². The first-order valence-electron chi connectivity index (χ1n) is 5.97. The van der Waals surface area contributed by atoms with Gasteiger partial charge < -0.3 is 15.5 Å². The molecule has 0 radical (unpaired) electrons. The summed E-state index contributed by atoms with van der Waals surface area (Å²) in [4.78, 5) is 10.6. The van der Waals surface area contributed by atoms with E-state index >= 15 is 0 Å². The maximum Gasteiger partial charge on any atom is 0.240 e. The molecule has 1 atom stereocenters. The van der Waals surface area contributed by atoms with Crippen LogP contribution in [0, 0.1) is 0 Å². The molecule has 0 amide bonds. The molecular formula is C11H17N5O2S. The molecule has 0 bridgehead atoms. The van der Waals surface area contributed by atoms with E-state index in [1.165, 1.54) is 4.88 Å². The van der Waals surface area contributed by atoms with Crippen molar-refractivity contribution in [1.82, 2.24) is 9.97 Å². The van der Waals surface area contributed by atoms with Crippen LogP contribution in [0.15, 0.2) is 6.07 Å². The van der Waals surface area contributed by atoms with Gasteiger partial charge in [-0.3, -0.25) is 5.43 Å². The van der Waals surface area contributed by atoms with Crippen molar-refractivity contribution in [2.75, 3.05) is 23.9 Å². The van der Waals surface area contributed by atoms with Gasteiger partial charge in [0.2, 0.25) is 5.95 Å². The Balaban J connectivity index is 2.35. The summed E-state index contributed by atoms with van der Waals surface area (Å²) in [7, 11) is 0. The molecule has 2 rings (SSSR count). The molecule has 2 aromatic rings. The number of anilines is 2. The van der Waals surface area contributed by atoms with Crippen molar-refractivity contribution in [2.45, 2.75) is 19.4 Å². The Morgan fingerprint density at radius 1 is 1.47 bits per heavy atom. The molecule has 0 aromatic carbocycles. The highest BCUT2D eigenvalue weighted by atomic mass is 32.1. The molecule has 8 heteroatoms. The summed E-state index contributed by atoms with van der Waals surface area (Å²) in [5, 5.41) is 22.1. The standard InChI is InChI=1S/C11H17N5O2S/c1-2-7-3-8-9(13-4-6(18)5-17)14-11(16-12)15-10(8)19-7/h3,6,17-18H,2,4-5,12H2,1H3,(H2,13,14,15,16). The number of nitrogens with two attached hydrogens (primary N) is 1. The number of hydrazine groups is 1. The summed E-state index contributed by atoms with van der Waals surface area (Å²) >= 11 is 1.58. The van der Waals surface area contributed by atoms with E-state index in [-0.39, 0.29) is 13.2 Å². The van der Waals surface area contributed by atoms with Crippen LogP contribution in [0.3, 0.4) is 0 Å². The largest absolute Gasteiger partial charge is 0.394 e. The number of thiophene rings is 1. The van der Waals surface area contributed by atoms with Crippen molar-refractivity contribution in [3.63, 3.8) is 0 Å². The predicted molar refractivity (Wildman–Crippen MR) is 76.2 cm³/mol. The van der Waals surface area contributed by atoms with E-state index in [0.29, 0.717) is 11.8 Å². The Morgan fingerprint density at radius 3 is 2.89 bits per heavy atom. The summed E-state index contributed by atoms with van der Waals surface area (Å²) < 4.78 is 0. The lowest BCUT2D eigenvalue weighted by molar-refractivity contribution is 0.105. The van der Waals surface area contributed by atoms with Crippen molar-refractivity contribution in [1.29, 1.82) is 0 Å². The Hall–Kier alpha value is -1.48. The van der Waals surface area contributed by atoms with Crippen LogP contribution in [0.2, 0.25) is 0 Å². The van der Waals surface area contributed by atoms with Crippen LogP contribution in [0.5, 0.6) is 0 Å². The molecule has 0 spiro atoms. The van der Waals surface area contributed by atoms with Gasteiger partial charge in [0.05, 0.1) is 18.1 Å². The third kappa shape index (κ3) is 3.10. The summed E-state index contributed by atoms with van der Waals surface area (Å²) in [5.74, 6) is 6.26. The minimum absolute atomic E-state index is 0.212. The van der Waals surface area contributed by atoms with Gasteiger partial charge >= 0.3 is 0 Å². The number of nitrogen functional groups attached to an aromatic ring is 1. The Morgan fingerprint density at radius 2 is 2.26 bits per heavy atom. The Bertz CT molecular complexity index is 559. The number of aryl methyl sites for hydroxylation is 1. The number of hydrogen-bond acceptors (Lipinski definition) is 8. The third-order valence-corrected chi connectivity index (χ3v) is 3.81. The quantitative estimate of drug-likeness (QED) is 0.382. The molecule has 2 heterocycles. The highest BCUT2D eigenvalue weighted by molar-refractivity contribution is 7.18. The van der Waals surface area contributed by atoms with Crippen LogP contribution in [-0.2, 0) is 6.42 Å². The van der Waals surface area contributed by atoms with Crippen LogP contribution >= 0.6 is 11.3 Å². The average Bonchev–Trinajstić information content (AvgIpc) is 2.86. The molecule has 0 aliphatic rings. The van der Waals surface area contributed by atoms with Gasteiger partial charge in [0.15, 0.2) is 0 Å². The second kappa shape index (κ2) is 6.11. The molecule has 0 saturated carbocycles. The number of nitrogens with one attached hydrogen (secondary N) is 2. The zero-order valence-corrected chi connectivity index (χ0v) is 11.4. The Kier molecular flexibility index (Phi) is 4.48. The van der Waals surface area contributed by atoms with Gasteiger partial charge in [-0.05, 0) is 12.5 Å². The number of aliphatic hydroxyl groups is 2. The SMILES string of the molecule is CCc1cc2c(NCC(O)CO)nc(NN)nc2s1. The molecule has 0 fully saturated rings. The monoisotopic (exact) mass is 283 g/mol. The summed E-state index contributed by atoms with van der Waals surface area (Å²) in [6.07, 6.45) is 0.0917. The molecule has 19 heavy (non-hydrogen) atoms. The maximum absolute atomic E-state index is 9.38. The Labute approximate surface area is 114 Å². The molecule has 6 N–H and O–H groups in total. The predicted octanol–water partition coefficient (Wildman–Crippen LogP) is 0.304. The first-order chi connectivity index (χ1) is 9.17. The molecule has 104 valence electrons. The van der Waals surface area contributed by atoms with Crippen molar-refractivity contribution in [3.8, 4) is 0 Å². The maximum atomic E-state index is 9.38. The lowest BCUT2D eigenvalue weighted by Crippen LogP contribution is -2.23. The summed E-state index contributed by atoms with van der Waals surface area (Å²) in [6.45, 7) is 1.99. The minimum Gasteiger partial charge on any atom is -0.394 e. The van der Waals surface area contributed by atoms with Gasteiger partial charge in [0.1, 0.15) is 10.6 Å². The van der Waals surface area contributed by atoms with Gasteiger partial charge in [-0.2, -0.15) is 4.98 Å². The smallest absolute Gasteiger partial charge is 0.240 e. The number of nitrogens with zero attached hydrogens (tertiary/aromatic N) is 2. The van der Waals surface area contributed by atoms with E-state index in [1.807, 2.05) is 6.07 Å². The van der Waals surface area contributed by atoms with Crippen LogP contribution in [0.25, 0.3) is 10.2 Å². The van der Waals surface area contributed by atoms with Crippen molar-refractivity contribution in [3.05, 3.63) is 10.9 Å². The van der Waals surface area contributed by atoms with E-state index in [4.69, 9.17) is 10.9 Å². The van der Waals surface area contributed by atoms with Gasteiger partial charge in [0.25, 0.3) is 0 Å². The normalized spacial score (nSPS) is 12.6. The lowest BCUT2D eigenvalue weighted by atomic mass is 10.3. The zero-order valence-electron chi connectivity index (χ0n) is 10.6. The second-order valence-corrected chi connectivity index (χ2v) is 5.16. The first kappa shape index (κ1) is 13.9. The lowest BCUT2D eigenvalue weighted by Gasteiger charge is -2.11. The summed E-state index contributed by atoms with van der Waals surface area (Å²) in [6, 6.07) is 2.02. The summed E-state index contributed by atoms with van der Waals surface area (Å²) in [5.41, 5.74) is 2.42. The molecule has 0 aliphatic carbocycles. The molecular weight excluding hydrogens is 266 g/mol. The van der Waals surface area contributed by atoms with Gasteiger partial charge in [-0.15, -0.1) is 11.3 Å². The number of rotatable bonds is 6.